The normalized spacial score (nSPS) is 13.4. The molecule has 2 rings (SSSR count). The number of tetrazole rings is 1. The summed E-state index contributed by atoms with van der Waals surface area (Å²) in [5, 5.41) is 23.0. The summed E-state index contributed by atoms with van der Waals surface area (Å²) in [6.07, 6.45) is -0.121. The van der Waals surface area contributed by atoms with E-state index in [9.17, 15) is 14.7 Å². The number of carbonyl (C=O) groups is 2. The fourth-order valence-electron chi connectivity index (χ4n) is 1.93. The lowest BCUT2D eigenvalue weighted by Gasteiger charge is -2.21. The first-order valence-corrected chi connectivity index (χ1v) is 6.27. The van der Waals surface area contributed by atoms with E-state index in [1.54, 1.807) is 12.1 Å². The third-order valence-corrected chi connectivity index (χ3v) is 3.25. The lowest BCUT2D eigenvalue weighted by Crippen LogP contribution is -2.45. The summed E-state index contributed by atoms with van der Waals surface area (Å²) in [7, 11) is 1.39. The average Bonchev–Trinajstić information content (AvgIpc) is 2.94. The molecule has 1 heterocycles. The summed E-state index contributed by atoms with van der Waals surface area (Å²) in [6, 6.07) is 9.06. The van der Waals surface area contributed by atoms with Crippen LogP contribution >= 0.6 is 0 Å². The zero-order valence-electron chi connectivity index (χ0n) is 11.6. The molecule has 0 fully saturated rings. The van der Waals surface area contributed by atoms with Gasteiger partial charge in [-0.3, -0.25) is 9.59 Å². The molecular formula is C13H15N5O3. The number of nitrogens with zero attached hydrogens (tertiary/aromatic N) is 4. The second-order valence-electron chi connectivity index (χ2n) is 4.74. The Morgan fingerprint density at radius 1 is 1.33 bits per heavy atom. The minimum Gasteiger partial charge on any atom is -0.480 e. The highest BCUT2D eigenvalue weighted by molar-refractivity contribution is 6.01. The molecule has 8 heteroatoms. The minimum absolute atomic E-state index is 0.121. The first-order valence-electron chi connectivity index (χ1n) is 6.27. The smallest absolute Gasteiger partial charge is 0.319 e. The van der Waals surface area contributed by atoms with Crippen LogP contribution in [-0.4, -0.2) is 44.2 Å². The Morgan fingerprint density at radius 3 is 2.57 bits per heavy atom. The third kappa shape index (κ3) is 2.73. The number of carbonyl (C=O) groups excluding carboxylic acids is 1. The first-order chi connectivity index (χ1) is 9.99. The number of carboxylic acids is 1. The highest BCUT2D eigenvalue weighted by Gasteiger charge is 2.42. The first kappa shape index (κ1) is 14.6. The van der Waals surface area contributed by atoms with Crippen molar-refractivity contribution in [3.63, 3.8) is 0 Å². The number of carboxylic acid groups (broad SMARTS) is 1. The van der Waals surface area contributed by atoms with Crippen LogP contribution in [0.25, 0.3) is 5.69 Å². The summed E-state index contributed by atoms with van der Waals surface area (Å²) >= 11 is 0. The van der Waals surface area contributed by atoms with Gasteiger partial charge in [0.05, 0.1) is 5.69 Å². The van der Waals surface area contributed by atoms with Gasteiger partial charge in [0.25, 0.3) is 0 Å². The lowest BCUT2D eigenvalue weighted by atomic mass is 9.85. The molecule has 2 aromatic rings. The van der Waals surface area contributed by atoms with E-state index in [1.165, 1.54) is 18.7 Å². The molecule has 0 aliphatic heterocycles. The second-order valence-corrected chi connectivity index (χ2v) is 4.74. The molecule has 8 nitrogen and oxygen atoms in total. The summed E-state index contributed by atoms with van der Waals surface area (Å²) < 4.78 is 1.42. The molecular weight excluding hydrogens is 274 g/mol. The summed E-state index contributed by atoms with van der Waals surface area (Å²) in [6.45, 7) is 1.35. The van der Waals surface area contributed by atoms with Gasteiger partial charge in [-0.05, 0) is 29.5 Å². The van der Waals surface area contributed by atoms with Crippen LogP contribution in [0, 0.1) is 5.41 Å². The van der Waals surface area contributed by atoms with Gasteiger partial charge in [0, 0.05) is 13.5 Å². The Bertz CT molecular complexity index is 655. The molecule has 1 amide bonds. The predicted octanol–water partition coefficient (Wildman–Crippen LogP) is 0.0417. The van der Waals surface area contributed by atoms with E-state index in [1.807, 2.05) is 18.2 Å². The molecule has 0 saturated carbocycles. The molecule has 0 radical (unpaired) electrons. The van der Waals surface area contributed by atoms with Gasteiger partial charge in [-0.15, -0.1) is 5.10 Å². The monoisotopic (exact) mass is 289 g/mol. The van der Waals surface area contributed by atoms with Crippen LogP contribution in [0.5, 0.6) is 0 Å². The molecule has 110 valence electrons. The van der Waals surface area contributed by atoms with Crippen molar-refractivity contribution >= 4 is 11.9 Å². The van der Waals surface area contributed by atoms with E-state index < -0.39 is 17.3 Å². The summed E-state index contributed by atoms with van der Waals surface area (Å²) in [5.41, 5.74) is -0.946. The highest BCUT2D eigenvalue weighted by Crippen LogP contribution is 2.23. The highest BCUT2D eigenvalue weighted by atomic mass is 16.4. The number of nitrogens with one attached hydrogen (secondary N) is 1. The van der Waals surface area contributed by atoms with Crippen molar-refractivity contribution < 1.29 is 14.7 Å². The molecule has 0 aliphatic carbocycles. The van der Waals surface area contributed by atoms with Crippen molar-refractivity contribution in [2.75, 3.05) is 7.05 Å². The maximum Gasteiger partial charge on any atom is 0.319 e. The maximum atomic E-state index is 11.9. The molecule has 0 bridgehead atoms. The van der Waals surface area contributed by atoms with Crippen LogP contribution in [0.15, 0.2) is 30.3 Å². The Balaban J connectivity index is 2.38. The van der Waals surface area contributed by atoms with Crippen molar-refractivity contribution in [2.45, 2.75) is 13.3 Å². The summed E-state index contributed by atoms with van der Waals surface area (Å²) in [4.78, 5) is 23.3. The number of hydrogen-bond donors (Lipinski definition) is 2. The van der Waals surface area contributed by atoms with Gasteiger partial charge in [0.15, 0.2) is 11.2 Å². The van der Waals surface area contributed by atoms with Crippen molar-refractivity contribution in [3.8, 4) is 5.69 Å². The van der Waals surface area contributed by atoms with Gasteiger partial charge >= 0.3 is 5.97 Å². The number of aliphatic carboxylic acids is 1. The van der Waals surface area contributed by atoms with Crippen LogP contribution in [0.4, 0.5) is 0 Å². The SMILES string of the molecule is CNC(=O)C(C)(Cc1nnnn1-c1ccccc1)C(=O)O. The Morgan fingerprint density at radius 2 is 2.00 bits per heavy atom. The molecule has 2 N–H and O–H groups in total. The van der Waals surface area contributed by atoms with E-state index >= 15 is 0 Å². The molecule has 21 heavy (non-hydrogen) atoms. The quantitative estimate of drug-likeness (QED) is 0.752. The van der Waals surface area contributed by atoms with Gasteiger partial charge in [-0.1, -0.05) is 18.2 Å². The Labute approximate surface area is 120 Å². The molecule has 1 aromatic heterocycles. The van der Waals surface area contributed by atoms with E-state index in [4.69, 9.17) is 0 Å². The topological polar surface area (TPSA) is 110 Å². The standard InChI is InChI=1S/C13H15N5O3/c1-13(12(20)21,11(19)14-2)8-10-15-16-17-18(10)9-6-4-3-5-7-9/h3-7H,8H2,1-2H3,(H,14,19)(H,20,21). The van der Waals surface area contributed by atoms with Crippen LogP contribution in [0.3, 0.4) is 0 Å². The predicted molar refractivity (Wildman–Crippen MR) is 72.7 cm³/mol. The number of aromatic nitrogens is 4. The zero-order valence-corrected chi connectivity index (χ0v) is 11.6. The van der Waals surface area contributed by atoms with Crippen molar-refractivity contribution in [1.29, 1.82) is 0 Å². The van der Waals surface area contributed by atoms with Gasteiger partial charge in [-0.2, -0.15) is 4.68 Å². The van der Waals surface area contributed by atoms with Crippen molar-refractivity contribution in [2.24, 2.45) is 5.41 Å². The lowest BCUT2D eigenvalue weighted by molar-refractivity contribution is -0.154. The van der Waals surface area contributed by atoms with Crippen molar-refractivity contribution in [3.05, 3.63) is 36.2 Å². The molecule has 0 aliphatic rings. The van der Waals surface area contributed by atoms with E-state index in [0.29, 0.717) is 11.5 Å². The number of para-hydroxylation sites is 1. The van der Waals surface area contributed by atoms with E-state index in [-0.39, 0.29) is 6.42 Å². The minimum atomic E-state index is -1.64. The molecule has 1 aromatic carbocycles. The van der Waals surface area contributed by atoms with Crippen LogP contribution in [-0.2, 0) is 16.0 Å². The molecule has 1 unspecified atom stereocenters. The molecule has 0 saturated heterocycles. The van der Waals surface area contributed by atoms with E-state index in [0.717, 1.165) is 0 Å². The average molecular weight is 289 g/mol. The fraction of sp³-hybridized carbons (Fsp3) is 0.308. The largest absolute Gasteiger partial charge is 0.480 e. The van der Waals surface area contributed by atoms with Gasteiger partial charge in [-0.25, -0.2) is 0 Å². The fourth-order valence-corrected chi connectivity index (χ4v) is 1.93. The second kappa shape index (κ2) is 5.70. The van der Waals surface area contributed by atoms with Gasteiger partial charge in [0.1, 0.15) is 0 Å². The van der Waals surface area contributed by atoms with Crippen molar-refractivity contribution in [1.82, 2.24) is 25.5 Å². The number of amides is 1. The Hall–Kier alpha value is -2.77. The van der Waals surface area contributed by atoms with Gasteiger partial charge < -0.3 is 10.4 Å². The number of benzene rings is 1. The van der Waals surface area contributed by atoms with Crippen LogP contribution < -0.4 is 5.32 Å². The molecule has 1 atom stereocenters. The Kier molecular flexibility index (Phi) is 3.97. The third-order valence-electron chi connectivity index (χ3n) is 3.25. The molecule has 0 spiro atoms. The van der Waals surface area contributed by atoms with E-state index in [2.05, 4.69) is 20.8 Å². The zero-order chi connectivity index (χ0) is 15.5. The number of hydrogen-bond acceptors (Lipinski definition) is 5. The van der Waals surface area contributed by atoms with Gasteiger partial charge in [0.2, 0.25) is 5.91 Å². The summed E-state index contributed by atoms with van der Waals surface area (Å²) in [5.74, 6) is -1.53. The van der Waals surface area contributed by atoms with Crippen LogP contribution in [0.1, 0.15) is 12.7 Å². The number of rotatable bonds is 5. The van der Waals surface area contributed by atoms with Crippen LogP contribution in [0.2, 0.25) is 0 Å². The maximum absolute atomic E-state index is 11.9.